The van der Waals surface area contributed by atoms with Crippen LogP contribution in [0.2, 0.25) is 0 Å². The Bertz CT molecular complexity index is 768. The standard InChI is InChI=1S/C13H20N2O5S2/c1-10-8-12(19-2)13(20-3)9-11(10)14-22(17,18)15-21(16)6-4-5-7-21/h8-9,14H,4-7H2,1-3H3. The van der Waals surface area contributed by atoms with Crippen LogP contribution in [0, 0.1) is 6.92 Å². The second kappa shape index (κ2) is 6.33. The average Bonchev–Trinajstić information content (AvgIpc) is 2.85. The number of aryl methyl sites for hydroxylation is 1. The van der Waals surface area contributed by atoms with Crippen molar-refractivity contribution in [2.24, 2.45) is 3.77 Å². The minimum absolute atomic E-state index is 0.322. The zero-order valence-corrected chi connectivity index (χ0v) is 14.4. The molecule has 2 rings (SSSR count). The number of benzene rings is 1. The average molecular weight is 348 g/mol. The second-order valence-corrected chi connectivity index (χ2v) is 9.17. The first-order valence-corrected chi connectivity index (χ1v) is 10.1. The molecular formula is C13H20N2O5S2. The minimum atomic E-state index is -4.04. The highest BCUT2D eigenvalue weighted by atomic mass is 32.3. The van der Waals surface area contributed by atoms with Crippen LogP contribution in [0.4, 0.5) is 5.69 Å². The van der Waals surface area contributed by atoms with Crippen molar-refractivity contribution in [3.8, 4) is 11.5 Å². The lowest BCUT2D eigenvalue weighted by molar-refractivity contribution is 0.355. The van der Waals surface area contributed by atoms with Crippen molar-refractivity contribution < 1.29 is 22.1 Å². The molecule has 1 aliphatic heterocycles. The summed E-state index contributed by atoms with van der Waals surface area (Å²) in [7, 11) is -3.73. The highest BCUT2D eigenvalue weighted by Crippen LogP contribution is 2.33. The Kier molecular flexibility index (Phi) is 4.86. The number of hydrogen-bond acceptors (Lipinski definition) is 5. The Labute approximate surface area is 131 Å². The number of nitrogens with one attached hydrogen (secondary N) is 1. The Morgan fingerprint density at radius 1 is 1.14 bits per heavy atom. The molecule has 0 amide bonds. The fourth-order valence-electron chi connectivity index (χ4n) is 2.26. The van der Waals surface area contributed by atoms with Gasteiger partial charge in [-0.1, -0.05) is 3.77 Å². The summed E-state index contributed by atoms with van der Waals surface area (Å²) in [6.45, 7) is 1.73. The summed E-state index contributed by atoms with van der Waals surface area (Å²) in [5.74, 6) is 1.56. The zero-order chi connectivity index (χ0) is 16.4. The predicted molar refractivity (Wildman–Crippen MR) is 86.4 cm³/mol. The maximum absolute atomic E-state index is 12.3. The van der Waals surface area contributed by atoms with Gasteiger partial charge < -0.3 is 9.47 Å². The van der Waals surface area contributed by atoms with Gasteiger partial charge >= 0.3 is 10.2 Å². The molecule has 9 heteroatoms. The van der Waals surface area contributed by atoms with E-state index in [2.05, 4.69) is 8.49 Å². The van der Waals surface area contributed by atoms with Crippen LogP contribution in [0.1, 0.15) is 18.4 Å². The number of methoxy groups -OCH3 is 2. The van der Waals surface area contributed by atoms with E-state index in [1.54, 1.807) is 13.0 Å². The van der Waals surface area contributed by atoms with Crippen LogP contribution in [0.25, 0.3) is 0 Å². The van der Waals surface area contributed by atoms with Crippen LogP contribution in [-0.4, -0.2) is 38.4 Å². The monoisotopic (exact) mass is 348 g/mol. The van der Waals surface area contributed by atoms with Crippen molar-refractivity contribution in [2.45, 2.75) is 19.8 Å². The molecule has 0 spiro atoms. The van der Waals surface area contributed by atoms with Gasteiger partial charge in [-0.15, -0.1) is 0 Å². The van der Waals surface area contributed by atoms with Gasteiger partial charge in [0.25, 0.3) is 0 Å². The predicted octanol–water partition coefficient (Wildman–Crippen LogP) is 1.93. The molecule has 0 atom stereocenters. The fraction of sp³-hybridized carbons (Fsp3) is 0.538. The molecular weight excluding hydrogens is 328 g/mol. The number of anilines is 1. The van der Waals surface area contributed by atoms with Gasteiger partial charge in [0.05, 0.1) is 29.6 Å². The van der Waals surface area contributed by atoms with E-state index < -0.39 is 19.9 Å². The summed E-state index contributed by atoms with van der Waals surface area (Å²) < 4.78 is 52.8. The van der Waals surface area contributed by atoms with E-state index in [-0.39, 0.29) is 0 Å². The van der Waals surface area contributed by atoms with E-state index in [9.17, 15) is 12.6 Å². The Balaban J connectivity index is 2.36. The van der Waals surface area contributed by atoms with E-state index in [1.807, 2.05) is 0 Å². The number of rotatable bonds is 5. The lowest BCUT2D eigenvalue weighted by Gasteiger charge is -2.13. The van der Waals surface area contributed by atoms with Gasteiger partial charge in [-0.25, -0.2) is 4.21 Å². The molecule has 0 bridgehead atoms. The fourth-order valence-corrected chi connectivity index (χ4v) is 6.45. The van der Waals surface area contributed by atoms with Crippen molar-refractivity contribution in [1.29, 1.82) is 0 Å². The molecule has 0 radical (unpaired) electrons. The SMILES string of the molecule is COc1cc(C)c(NS(=O)(=O)N=S2(=O)CCCC2)cc1OC. The maximum Gasteiger partial charge on any atom is 0.350 e. The maximum atomic E-state index is 12.3. The van der Waals surface area contributed by atoms with E-state index in [1.165, 1.54) is 20.3 Å². The summed E-state index contributed by atoms with van der Waals surface area (Å²) in [6, 6.07) is 3.18. The van der Waals surface area contributed by atoms with Crippen LogP contribution < -0.4 is 14.2 Å². The van der Waals surface area contributed by atoms with E-state index in [4.69, 9.17) is 9.47 Å². The van der Waals surface area contributed by atoms with Crippen LogP contribution in [0.15, 0.2) is 15.9 Å². The first-order valence-electron chi connectivity index (χ1n) is 6.78. The first kappa shape index (κ1) is 16.9. The Hall–Kier alpha value is -1.48. The topological polar surface area (TPSA) is 94.1 Å². The molecule has 124 valence electrons. The van der Waals surface area contributed by atoms with E-state index in [0.717, 1.165) is 12.8 Å². The molecule has 1 fully saturated rings. The molecule has 1 saturated heterocycles. The molecule has 0 aromatic heterocycles. The van der Waals surface area contributed by atoms with Gasteiger partial charge in [0.1, 0.15) is 0 Å². The molecule has 7 nitrogen and oxygen atoms in total. The molecule has 1 aromatic carbocycles. The van der Waals surface area contributed by atoms with Gasteiger partial charge in [0, 0.05) is 17.6 Å². The molecule has 0 aliphatic carbocycles. The second-order valence-electron chi connectivity index (χ2n) is 5.06. The number of ether oxygens (including phenoxy) is 2. The van der Waals surface area contributed by atoms with Crippen LogP contribution in [0.5, 0.6) is 11.5 Å². The van der Waals surface area contributed by atoms with E-state index in [0.29, 0.717) is 34.3 Å². The number of hydrogen-bond donors (Lipinski definition) is 1. The minimum Gasteiger partial charge on any atom is -0.493 e. The smallest absolute Gasteiger partial charge is 0.350 e. The third-order valence-corrected chi connectivity index (χ3v) is 7.58. The van der Waals surface area contributed by atoms with Crippen molar-refractivity contribution in [3.05, 3.63) is 17.7 Å². The summed E-state index contributed by atoms with van der Waals surface area (Å²) in [6.07, 6.45) is 1.49. The van der Waals surface area contributed by atoms with Crippen molar-refractivity contribution in [2.75, 3.05) is 30.4 Å². The lowest BCUT2D eigenvalue weighted by atomic mass is 10.2. The normalized spacial score (nSPS) is 17.0. The molecule has 0 unspecified atom stereocenters. The van der Waals surface area contributed by atoms with Crippen LogP contribution >= 0.6 is 0 Å². The quantitative estimate of drug-likeness (QED) is 0.877. The molecule has 22 heavy (non-hydrogen) atoms. The highest BCUT2D eigenvalue weighted by Gasteiger charge is 2.22. The van der Waals surface area contributed by atoms with Crippen molar-refractivity contribution in [3.63, 3.8) is 0 Å². The third kappa shape index (κ3) is 3.83. The van der Waals surface area contributed by atoms with Gasteiger partial charge in [0.2, 0.25) is 0 Å². The Morgan fingerprint density at radius 3 is 2.23 bits per heavy atom. The highest BCUT2D eigenvalue weighted by molar-refractivity contribution is 8.03. The third-order valence-electron chi connectivity index (χ3n) is 3.38. The van der Waals surface area contributed by atoms with E-state index >= 15 is 0 Å². The van der Waals surface area contributed by atoms with Crippen molar-refractivity contribution in [1.82, 2.24) is 0 Å². The van der Waals surface area contributed by atoms with Crippen LogP contribution in [0.3, 0.4) is 0 Å². The molecule has 0 saturated carbocycles. The number of nitrogens with zero attached hydrogens (tertiary/aromatic N) is 1. The van der Waals surface area contributed by atoms with Crippen LogP contribution in [-0.2, 0) is 19.9 Å². The summed E-state index contributed by atoms with van der Waals surface area (Å²) in [5.41, 5.74) is 0.972. The van der Waals surface area contributed by atoms with Gasteiger partial charge in [0.15, 0.2) is 11.5 Å². The summed E-state index contributed by atoms with van der Waals surface area (Å²) in [5, 5.41) is 0. The molecule has 1 aliphatic rings. The van der Waals surface area contributed by atoms with Gasteiger partial charge in [-0.2, -0.15) is 8.42 Å². The largest absolute Gasteiger partial charge is 0.493 e. The Morgan fingerprint density at radius 2 is 1.68 bits per heavy atom. The molecule has 1 aromatic rings. The van der Waals surface area contributed by atoms with Gasteiger partial charge in [-0.05, 0) is 31.4 Å². The lowest BCUT2D eigenvalue weighted by Crippen LogP contribution is -2.14. The van der Waals surface area contributed by atoms with Gasteiger partial charge in [-0.3, -0.25) is 4.72 Å². The summed E-state index contributed by atoms with van der Waals surface area (Å²) >= 11 is 0. The summed E-state index contributed by atoms with van der Waals surface area (Å²) in [4.78, 5) is 0. The van der Waals surface area contributed by atoms with Crippen molar-refractivity contribution >= 4 is 25.6 Å². The molecule has 1 N–H and O–H groups in total. The zero-order valence-electron chi connectivity index (χ0n) is 12.8. The molecule has 1 heterocycles. The first-order chi connectivity index (χ1) is 10.3.